The summed E-state index contributed by atoms with van der Waals surface area (Å²) in [6.45, 7) is 2.94. The summed E-state index contributed by atoms with van der Waals surface area (Å²) in [6, 6.07) is 6.98. The first kappa shape index (κ1) is 20.1. The zero-order valence-corrected chi connectivity index (χ0v) is 16.9. The van der Waals surface area contributed by atoms with E-state index in [1.54, 1.807) is 7.11 Å². The molecule has 130 valence electrons. The second kappa shape index (κ2) is 10.7. The minimum absolute atomic E-state index is 0. The van der Waals surface area contributed by atoms with E-state index in [-0.39, 0.29) is 24.0 Å². The van der Waals surface area contributed by atoms with Gasteiger partial charge >= 0.3 is 0 Å². The summed E-state index contributed by atoms with van der Waals surface area (Å²) in [7, 11) is 3.56. The Hall–Kier alpha value is -0.980. The summed E-state index contributed by atoms with van der Waals surface area (Å²) in [5.41, 5.74) is 2.46. The first-order chi connectivity index (χ1) is 10.7. The maximum absolute atomic E-state index is 5.38. The molecule has 2 N–H and O–H groups in total. The zero-order valence-electron chi connectivity index (χ0n) is 14.5. The molecule has 0 saturated heterocycles. The lowest BCUT2D eigenvalue weighted by atomic mass is 9.96. The van der Waals surface area contributed by atoms with Crippen LogP contribution in [0.25, 0.3) is 0 Å². The van der Waals surface area contributed by atoms with Crippen molar-refractivity contribution in [3.05, 3.63) is 29.3 Å². The highest BCUT2D eigenvalue weighted by Gasteiger charge is 2.14. The molecule has 0 heterocycles. The van der Waals surface area contributed by atoms with Gasteiger partial charge < -0.3 is 15.4 Å². The van der Waals surface area contributed by atoms with Gasteiger partial charge in [-0.3, -0.25) is 4.99 Å². The van der Waals surface area contributed by atoms with Gasteiger partial charge in [0.15, 0.2) is 5.96 Å². The highest BCUT2D eigenvalue weighted by Crippen LogP contribution is 2.19. The van der Waals surface area contributed by atoms with E-state index >= 15 is 0 Å². The Bertz CT molecular complexity index is 499. The summed E-state index contributed by atoms with van der Waals surface area (Å²) < 4.78 is 5.38. The van der Waals surface area contributed by atoms with Gasteiger partial charge in [-0.25, -0.2) is 0 Å². The van der Waals surface area contributed by atoms with Crippen molar-refractivity contribution in [2.45, 2.75) is 51.5 Å². The number of benzene rings is 1. The van der Waals surface area contributed by atoms with Gasteiger partial charge in [0.05, 0.1) is 7.11 Å². The minimum atomic E-state index is 0. The lowest BCUT2D eigenvalue weighted by Gasteiger charge is -2.24. The highest BCUT2D eigenvalue weighted by molar-refractivity contribution is 14.0. The van der Waals surface area contributed by atoms with Gasteiger partial charge in [-0.05, 0) is 43.4 Å². The molecule has 1 aromatic carbocycles. The standard InChI is InChI=1S/C18H29N3O.HI/c1-14-9-10-15(13-17(14)22-3)11-12-20-18(19-2)21-16-7-5-4-6-8-16;/h9-10,13,16H,4-8,11-12H2,1-3H3,(H2,19,20,21);1H. The monoisotopic (exact) mass is 431 g/mol. The van der Waals surface area contributed by atoms with Crippen LogP contribution in [-0.4, -0.2) is 32.7 Å². The van der Waals surface area contributed by atoms with Crippen LogP contribution in [0, 0.1) is 6.92 Å². The number of nitrogens with one attached hydrogen (secondary N) is 2. The van der Waals surface area contributed by atoms with Crippen LogP contribution in [0.5, 0.6) is 5.75 Å². The molecule has 5 heteroatoms. The molecule has 0 atom stereocenters. The van der Waals surface area contributed by atoms with Gasteiger partial charge in [-0.1, -0.05) is 31.4 Å². The lowest BCUT2D eigenvalue weighted by molar-refractivity contribution is 0.410. The van der Waals surface area contributed by atoms with Crippen LogP contribution in [0.3, 0.4) is 0 Å². The summed E-state index contributed by atoms with van der Waals surface area (Å²) in [5, 5.41) is 6.95. The second-order valence-electron chi connectivity index (χ2n) is 6.03. The van der Waals surface area contributed by atoms with Gasteiger partial charge in [-0.15, -0.1) is 24.0 Å². The molecule has 2 rings (SSSR count). The molecule has 1 aliphatic carbocycles. The molecule has 23 heavy (non-hydrogen) atoms. The van der Waals surface area contributed by atoms with Crippen molar-refractivity contribution >= 4 is 29.9 Å². The number of nitrogens with zero attached hydrogens (tertiary/aromatic N) is 1. The van der Waals surface area contributed by atoms with Crippen molar-refractivity contribution in [3.63, 3.8) is 0 Å². The van der Waals surface area contributed by atoms with Crippen LogP contribution < -0.4 is 15.4 Å². The number of hydrogen-bond donors (Lipinski definition) is 2. The first-order valence-corrected chi connectivity index (χ1v) is 8.33. The molecule has 4 nitrogen and oxygen atoms in total. The summed E-state index contributed by atoms with van der Waals surface area (Å²) in [5.74, 6) is 1.88. The number of halogens is 1. The Kier molecular flexibility index (Phi) is 9.36. The Labute approximate surface area is 157 Å². The Morgan fingerprint density at radius 2 is 2.00 bits per heavy atom. The van der Waals surface area contributed by atoms with Crippen molar-refractivity contribution < 1.29 is 4.74 Å². The molecule has 0 radical (unpaired) electrons. The number of ether oxygens (including phenoxy) is 1. The molecule has 1 saturated carbocycles. The van der Waals surface area contributed by atoms with E-state index in [9.17, 15) is 0 Å². The Morgan fingerprint density at radius 3 is 2.65 bits per heavy atom. The maximum Gasteiger partial charge on any atom is 0.191 e. The van der Waals surface area contributed by atoms with Crippen molar-refractivity contribution in [2.24, 2.45) is 4.99 Å². The zero-order chi connectivity index (χ0) is 15.8. The third-order valence-electron chi connectivity index (χ3n) is 4.35. The van der Waals surface area contributed by atoms with E-state index in [1.807, 2.05) is 7.05 Å². The van der Waals surface area contributed by atoms with Gasteiger partial charge in [0.2, 0.25) is 0 Å². The summed E-state index contributed by atoms with van der Waals surface area (Å²) >= 11 is 0. The average molecular weight is 431 g/mol. The topological polar surface area (TPSA) is 45.7 Å². The van der Waals surface area contributed by atoms with E-state index in [0.29, 0.717) is 6.04 Å². The van der Waals surface area contributed by atoms with E-state index in [4.69, 9.17) is 4.74 Å². The maximum atomic E-state index is 5.38. The largest absolute Gasteiger partial charge is 0.496 e. The fraction of sp³-hybridized carbons (Fsp3) is 0.611. The normalized spacial score (nSPS) is 15.7. The van der Waals surface area contributed by atoms with Gasteiger partial charge in [0.1, 0.15) is 5.75 Å². The summed E-state index contributed by atoms with van der Waals surface area (Å²) in [6.07, 6.45) is 7.52. The highest BCUT2D eigenvalue weighted by atomic mass is 127. The van der Waals surface area contributed by atoms with Crippen LogP contribution in [0.4, 0.5) is 0 Å². The third-order valence-corrected chi connectivity index (χ3v) is 4.35. The van der Waals surface area contributed by atoms with E-state index < -0.39 is 0 Å². The quantitative estimate of drug-likeness (QED) is 0.425. The fourth-order valence-corrected chi connectivity index (χ4v) is 2.98. The molecule has 1 aromatic rings. The number of aliphatic imine (C=N–C) groups is 1. The number of guanidine groups is 1. The molecule has 0 aliphatic heterocycles. The number of aryl methyl sites for hydroxylation is 1. The van der Waals surface area contributed by atoms with Crippen LogP contribution >= 0.6 is 24.0 Å². The SMILES string of the molecule is CN=C(NCCc1ccc(C)c(OC)c1)NC1CCCCC1.I. The lowest BCUT2D eigenvalue weighted by Crippen LogP contribution is -2.44. The third kappa shape index (κ3) is 6.57. The Balaban J connectivity index is 0.00000264. The van der Waals surface area contributed by atoms with E-state index in [2.05, 4.69) is 40.7 Å². The van der Waals surface area contributed by atoms with Crippen molar-refractivity contribution in [2.75, 3.05) is 20.7 Å². The molecule has 0 amide bonds. The molecule has 0 spiro atoms. The van der Waals surface area contributed by atoms with Gasteiger partial charge in [0, 0.05) is 19.6 Å². The van der Waals surface area contributed by atoms with Crippen LogP contribution in [-0.2, 0) is 6.42 Å². The van der Waals surface area contributed by atoms with Crippen molar-refractivity contribution in [1.29, 1.82) is 0 Å². The van der Waals surface area contributed by atoms with Gasteiger partial charge in [-0.2, -0.15) is 0 Å². The van der Waals surface area contributed by atoms with Crippen LogP contribution in [0.1, 0.15) is 43.2 Å². The van der Waals surface area contributed by atoms with E-state index in [0.717, 1.165) is 24.7 Å². The average Bonchev–Trinajstić information content (AvgIpc) is 2.56. The first-order valence-electron chi connectivity index (χ1n) is 8.33. The number of methoxy groups -OCH3 is 1. The second-order valence-corrected chi connectivity index (χ2v) is 6.03. The molecule has 0 bridgehead atoms. The van der Waals surface area contributed by atoms with Crippen molar-refractivity contribution in [1.82, 2.24) is 10.6 Å². The van der Waals surface area contributed by atoms with Crippen molar-refractivity contribution in [3.8, 4) is 5.75 Å². The van der Waals surface area contributed by atoms with Gasteiger partial charge in [0.25, 0.3) is 0 Å². The number of hydrogen-bond acceptors (Lipinski definition) is 2. The molecule has 1 aliphatic rings. The molecule has 1 fully saturated rings. The predicted octanol–water partition coefficient (Wildman–Crippen LogP) is 3.66. The fourth-order valence-electron chi connectivity index (χ4n) is 2.98. The van der Waals surface area contributed by atoms with Crippen LogP contribution in [0.15, 0.2) is 23.2 Å². The molecular weight excluding hydrogens is 401 g/mol. The molecule has 0 aromatic heterocycles. The predicted molar refractivity (Wildman–Crippen MR) is 108 cm³/mol. The molecular formula is C18H30IN3O. The van der Waals surface area contributed by atoms with Crippen LogP contribution in [0.2, 0.25) is 0 Å². The number of rotatable bonds is 5. The minimum Gasteiger partial charge on any atom is -0.496 e. The summed E-state index contributed by atoms with van der Waals surface area (Å²) in [4.78, 5) is 4.33. The molecule has 0 unspecified atom stereocenters. The van der Waals surface area contributed by atoms with E-state index in [1.165, 1.54) is 43.2 Å². The smallest absolute Gasteiger partial charge is 0.191 e. The Morgan fingerprint density at radius 1 is 1.26 bits per heavy atom.